The van der Waals surface area contributed by atoms with Crippen LogP contribution in [-0.4, -0.2) is 20.6 Å². The molecule has 6 heteroatoms. The standard InChI is InChI=1S/C13H15N3O2S/c1-2-11-12(19-16-15-11)13(18)14-7-9-3-5-10(8-17)6-4-9/h3-6,17H,2,7-8H2,1H3,(H,14,18). The van der Waals surface area contributed by atoms with Crippen LogP contribution in [0.2, 0.25) is 0 Å². The van der Waals surface area contributed by atoms with E-state index < -0.39 is 0 Å². The minimum Gasteiger partial charge on any atom is -0.392 e. The van der Waals surface area contributed by atoms with Gasteiger partial charge in [0.2, 0.25) is 0 Å². The summed E-state index contributed by atoms with van der Waals surface area (Å²) >= 11 is 1.12. The number of rotatable bonds is 5. The zero-order valence-corrected chi connectivity index (χ0v) is 11.4. The summed E-state index contributed by atoms with van der Waals surface area (Å²) in [5.41, 5.74) is 2.58. The maximum Gasteiger partial charge on any atom is 0.265 e. The molecule has 0 aliphatic carbocycles. The summed E-state index contributed by atoms with van der Waals surface area (Å²) in [7, 11) is 0. The molecule has 2 aromatic rings. The Morgan fingerprint density at radius 3 is 2.63 bits per heavy atom. The Morgan fingerprint density at radius 1 is 1.32 bits per heavy atom. The van der Waals surface area contributed by atoms with Crippen molar-refractivity contribution in [2.75, 3.05) is 0 Å². The summed E-state index contributed by atoms with van der Waals surface area (Å²) in [6.45, 7) is 2.42. The van der Waals surface area contributed by atoms with Crippen LogP contribution >= 0.6 is 11.5 Å². The Labute approximate surface area is 115 Å². The van der Waals surface area contributed by atoms with Crippen molar-refractivity contribution in [3.8, 4) is 0 Å². The lowest BCUT2D eigenvalue weighted by Crippen LogP contribution is -2.22. The molecule has 1 aromatic heterocycles. The smallest absolute Gasteiger partial charge is 0.265 e. The van der Waals surface area contributed by atoms with Crippen LogP contribution in [0, 0.1) is 0 Å². The highest BCUT2D eigenvalue weighted by atomic mass is 32.1. The first-order chi connectivity index (χ1) is 9.24. The van der Waals surface area contributed by atoms with Crippen LogP contribution in [0.1, 0.15) is 33.4 Å². The molecule has 0 atom stereocenters. The lowest BCUT2D eigenvalue weighted by molar-refractivity contribution is 0.0954. The summed E-state index contributed by atoms with van der Waals surface area (Å²) in [5.74, 6) is -0.141. The number of aliphatic hydroxyl groups excluding tert-OH is 1. The lowest BCUT2D eigenvalue weighted by atomic mass is 10.1. The van der Waals surface area contributed by atoms with Gasteiger partial charge >= 0.3 is 0 Å². The Kier molecular flexibility index (Phi) is 4.59. The zero-order valence-electron chi connectivity index (χ0n) is 10.6. The number of nitrogens with one attached hydrogen (secondary N) is 1. The fourth-order valence-electron chi connectivity index (χ4n) is 1.64. The van der Waals surface area contributed by atoms with Gasteiger partial charge in [0.05, 0.1) is 12.3 Å². The first-order valence-electron chi connectivity index (χ1n) is 6.02. The maximum absolute atomic E-state index is 12.0. The van der Waals surface area contributed by atoms with Crippen LogP contribution < -0.4 is 5.32 Å². The van der Waals surface area contributed by atoms with Crippen molar-refractivity contribution in [2.24, 2.45) is 0 Å². The fourth-order valence-corrected chi connectivity index (χ4v) is 2.30. The van der Waals surface area contributed by atoms with E-state index in [9.17, 15) is 4.79 Å². The van der Waals surface area contributed by atoms with Crippen molar-refractivity contribution >= 4 is 17.4 Å². The van der Waals surface area contributed by atoms with Crippen molar-refractivity contribution in [3.05, 3.63) is 46.0 Å². The molecule has 2 N–H and O–H groups in total. The van der Waals surface area contributed by atoms with Gasteiger partial charge in [0.1, 0.15) is 4.88 Å². The van der Waals surface area contributed by atoms with E-state index in [4.69, 9.17) is 5.11 Å². The van der Waals surface area contributed by atoms with Gasteiger partial charge in [0.25, 0.3) is 5.91 Å². The third-order valence-electron chi connectivity index (χ3n) is 2.76. The average Bonchev–Trinajstić information content (AvgIpc) is 2.93. The predicted octanol–water partition coefficient (Wildman–Crippen LogP) is 1.52. The van der Waals surface area contributed by atoms with Gasteiger partial charge in [0.15, 0.2) is 0 Å². The second-order valence-electron chi connectivity index (χ2n) is 4.06. The quantitative estimate of drug-likeness (QED) is 0.869. The van der Waals surface area contributed by atoms with Gasteiger partial charge in [-0.15, -0.1) is 5.10 Å². The molecule has 0 fully saturated rings. The molecule has 0 radical (unpaired) electrons. The molecule has 0 aliphatic rings. The van der Waals surface area contributed by atoms with E-state index in [-0.39, 0.29) is 12.5 Å². The molecule has 1 aromatic carbocycles. The third-order valence-corrected chi connectivity index (χ3v) is 3.52. The summed E-state index contributed by atoms with van der Waals surface area (Å²) in [4.78, 5) is 12.5. The minimum atomic E-state index is -0.141. The average molecular weight is 277 g/mol. The number of aliphatic hydroxyl groups is 1. The number of aryl methyl sites for hydroxylation is 1. The van der Waals surface area contributed by atoms with Crippen LogP contribution in [0.4, 0.5) is 0 Å². The molecule has 0 saturated heterocycles. The highest BCUT2D eigenvalue weighted by Gasteiger charge is 2.14. The molecule has 0 aliphatic heterocycles. The van der Waals surface area contributed by atoms with Crippen LogP contribution in [0.3, 0.4) is 0 Å². The monoisotopic (exact) mass is 277 g/mol. The Hall–Kier alpha value is -1.79. The first kappa shape index (κ1) is 13.6. The molecule has 5 nitrogen and oxygen atoms in total. The number of aromatic nitrogens is 2. The van der Waals surface area contributed by atoms with Crippen molar-refractivity contribution in [1.29, 1.82) is 0 Å². The molecule has 1 heterocycles. The van der Waals surface area contributed by atoms with Gasteiger partial charge in [-0.25, -0.2) is 0 Å². The number of carbonyl (C=O) groups is 1. The van der Waals surface area contributed by atoms with Gasteiger partial charge in [-0.05, 0) is 29.1 Å². The van der Waals surface area contributed by atoms with E-state index in [1.165, 1.54) is 0 Å². The minimum absolute atomic E-state index is 0.0268. The summed E-state index contributed by atoms with van der Waals surface area (Å²) in [5, 5.41) is 15.7. The van der Waals surface area contributed by atoms with Gasteiger partial charge in [-0.1, -0.05) is 35.7 Å². The van der Waals surface area contributed by atoms with E-state index in [0.29, 0.717) is 17.8 Å². The number of benzene rings is 1. The normalized spacial score (nSPS) is 10.4. The summed E-state index contributed by atoms with van der Waals surface area (Å²) < 4.78 is 3.79. The Balaban J connectivity index is 1.96. The molecular weight excluding hydrogens is 262 g/mol. The highest BCUT2D eigenvalue weighted by Crippen LogP contribution is 2.11. The lowest BCUT2D eigenvalue weighted by Gasteiger charge is -2.05. The van der Waals surface area contributed by atoms with Crippen molar-refractivity contribution in [2.45, 2.75) is 26.5 Å². The molecule has 1 amide bonds. The van der Waals surface area contributed by atoms with Crippen molar-refractivity contribution in [1.82, 2.24) is 14.9 Å². The largest absolute Gasteiger partial charge is 0.392 e. The predicted molar refractivity (Wildman–Crippen MR) is 72.8 cm³/mol. The molecule has 100 valence electrons. The highest BCUT2D eigenvalue weighted by molar-refractivity contribution is 7.08. The van der Waals surface area contributed by atoms with E-state index in [0.717, 1.165) is 28.4 Å². The molecule has 0 unspecified atom stereocenters. The van der Waals surface area contributed by atoms with Crippen LogP contribution in [0.25, 0.3) is 0 Å². The van der Waals surface area contributed by atoms with E-state index in [2.05, 4.69) is 14.9 Å². The molecular formula is C13H15N3O2S. The molecule has 2 rings (SSSR count). The first-order valence-corrected chi connectivity index (χ1v) is 6.80. The number of hydrogen-bond acceptors (Lipinski definition) is 5. The second kappa shape index (κ2) is 6.40. The second-order valence-corrected chi connectivity index (χ2v) is 4.81. The van der Waals surface area contributed by atoms with Gasteiger partial charge < -0.3 is 10.4 Å². The molecule has 0 bridgehead atoms. The number of carbonyl (C=O) groups excluding carboxylic acids is 1. The van der Waals surface area contributed by atoms with Crippen LogP contribution in [-0.2, 0) is 19.6 Å². The topological polar surface area (TPSA) is 75.1 Å². The van der Waals surface area contributed by atoms with E-state index in [1.54, 1.807) is 0 Å². The zero-order chi connectivity index (χ0) is 13.7. The maximum atomic E-state index is 12.0. The van der Waals surface area contributed by atoms with Crippen LogP contribution in [0.15, 0.2) is 24.3 Å². The Morgan fingerprint density at radius 2 is 2.00 bits per heavy atom. The summed E-state index contributed by atoms with van der Waals surface area (Å²) in [6, 6.07) is 7.45. The van der Waals surface area contributed by atoms with Gasteiger partial charge in [-0.3, -0.25) is 4.79 Å². The SMILES string of the molecule is CCc1nnsc1C(=O)NCc1ccc(CO)cc1. The van der Waals surface area contributed by atoms with E-state index >= 15 is 0 Å². The fraction of sp³-hybridized carbons (Fsp3) is 0.308. The van der Waals surface area contributed by atoms with Crippen molar-refractivity contribution in [3.63, 3.8) is 0 Å². The number of amides is 1. The number of hydrogen-bond donors (Lipinski definition) is 2. The van der Waals surface area contributed by atoms with E-state index in [1.807, 2.05) is 31.2 Å². The summed E-state index contributed by atoms with van der Waals surface area (Å²) in [6.07, 6.45) is 0.699. The van der Waals surface area contributed by atoms with Crippen molar-refractivity contribution < 1.29 is 9.90 Å². The third kappa shape index (κ3) is 3.36. The molecule has 0 saturated carbocycles. The molecule has 19 heavy (non-hydrogen) atoms. The van der Waals surface area contributed by atoms with Gasteiger partial charge in [-0.2, -0.15) is 0 Å². The van der Waals surface area contributed by atoms with Gasteiger partial charge in [0, 0.05) is 6.54 Å². The Bertz CT molecular complexity index is 551. The molecule has 0 spiro atoms. The number of nitrogens with zero attached hydrogens (tertiary/aromatic N) is 2. The van der Waals surface area contributed by atoms with Crippen LogP contribution in [0.5, 0.6) is 0 Å².